The average Bonchev–Trinajstić information content (AvgIpc) is 2.25. The van der Waals surface area contributed by atoms with Gasteiger partial charge in [-0.3, -0.25) is 9.89 Å². The highest BCUT2D eigenvalue weighted by Gasteiger charge is 2.27. The Bertz CT molecular complexity index is 300. The minimum Gasteiger partial charge on any atom is -0.444 e. The first-order chi connectivity index (χ1) is 7.29. The van der Waals surface area contributed by atoms with E-state index in [4.69, 9.17) is 10.5 Å². The fraction of sp³-hybridized carbons (Fsp3) is 0.818. The van der Waals surface area contributed by atoms with Gasteiger partial charge >= 0.3 is 6.09 Å². The molecule has 1 aliphatic heterocycles. The molecule has 0 saturated heterocycles. The van der Waals surface area contributed by atoms with Crippen LogP contribution < -0.4 is 5.73 Å². The summed E-state index contributed by atoms with van der Waals surface area (Å²) in [5, 5.41) is 0. The largest absolute Gasteiger partial charge is 0.444 e. The molecule has 0 fully saturated rings. The molecule has 0 aromatic heterocycles. The lowest BCUT2D eigenvalue weighted by molar-refractivity contribution is 0.0211. The number of rotatable bonds is 0. The van der Waals surface area contributed by atoms with Crippen molar-refractivity contribution in [3.8, 4) is 0 Å². The predicted octanol–water partition coefficient (Wildman–Crippen LogP) is 1.79. The van der Waals surface area contributed by atoms with Crippen molar-refractivity contribution in [3.63, 3.8) is 0 Å². The van der Waals surface area contributed by atoms with E-state index in [1.54, 1.807) is 4.90 Å². The summed E-state index contributed by atoms with van der Waals surface area (Å²) in [6.45, 7) is 8.57. The van der Waals surface area contributed by atoms with E-state index in [0.717, 1.165) is 6.42 Å². The van der Waals surface area contributed by atoms with Crippen LogP contribution >= 0.6 is 12.4 Å². The Hall–Kier alpha value is -0.970. The van der Waals surface area contributed by atoms with E-state index in [1.807, 2.05) is 27.7 Å². The van der Waals surface area contributed by atoms with Crippen molar-refractivity contribution in [2.45, 2.75) is 45.8 Å². The zero-order chi connectivity index (χ0) is 12.3. The summed E-state index contributed by atoms with van der Waals surface area (Å²) in [6.07, 6.45) is 0.500. The second-order valence-electron chi connectivity index (χ2n) is 5.12. The van der Waals surface area contributed by atoms with Crippen molar-refractivity contribution >= 4 is 24.3 Å². The van der Waals surface area contributed by atoms with Gasteiger partial charge in [-0.25, -0.2) is 4.79 Å². The molecule has 0 radical (unpaired) electrons. The molecule has 1 rings (SSSR count). The highest BCUT2D eigenvalue weighted by atomic mass is 35.5. The Balaban J connectivity index is 0.00000256. The van der Waals surface area contributed by atoms with Crippen LogP contribution in [0.15, 0.2) is 4.99 Å². The Labute approximate surface area is 109 Å². The molecule has 0 spiro atoms. The highest BCUT2D eigenvalue weighted by molar-refractivity contribution is 5.86. The number of hydrogen-bond donors (Lipinski definition) is 1. The van der Waals surface area contributed by atoms with Gasteiger partial charge in [0.2, 0.25) is 0 Å². The normalized spacial score (nSPS) is 21.1. The number of hydrogen-bond acceptors (Lipinski definition) is 4. The molecule has 0 bridgehead atoms. The minimum absolute atomic E-state index is 0. The monoisotopic (exact) mass is 263 g/mol. The van der Waals surface area contributed by atoms with E-state index in [-0.39, 0.29) is 24.5 Å². The molecule has 1 aliphatic rings. The first-order valence-corrected chi connectivity index (χ1v) is 5.58. The van der Waals surface area contributed by atoms with Gasteiger partial charge in [0.1, 0.15) is 11.4 Å². The van der Waals surface area contributed by atoms with E-state index >= 15 is 0 Å². The molecule has 0 aliphatic carbocycles. The molecular formula is C11H22ClN3O2. The summed E-state index contributed by atoms with van der Waals surface area (Å²) in [7, 11) is 0. The first kappa shape index (κ1) is 16.0. The van der Waals surface area contributed by atoms with Gasteiger partial charge in [-0.2, -0.15) is 0 Å². The number of nitrogens with zero attached hydrogens (tertiary/aromatic N) is 2. The first-order valence-electron chi connectivity index (χ1n) is 5.58. The van der Waals surface area contributed by atoms with E-state index in [2.05, 4.69) is 4.99 Å². The van der Waals surface area contributed by atoms with Crippen LogP contribution in [-0.2, 0) is 4.74 Å². The third-order valence-electron chi connectivity index (χ3n) is 2.35. The van der Waals surface area contributed by atoms with Crippen LogP contribution in [0.5, 0.6) is 0 Å². The average molecular weight is 264 g/mol. The maximum atomic E-state index is 11.9. The highest BCUT2D eigenvalue weighted by Crippen LogP contribution is 2.14. The summed E-state index contributed by atoms with van der Waals surface area (Å²) >= 11 is 0. The van der Waals surface area contributed by atoms with Gasteiger partial charge in [-0.15, -0.1) is 12.4 Å². The fourth-order valence-corrected chi connectivity index (χ4v) is 1.50. The third-order valence-corrected chi connectivity index (χ3v) is 2.35. The Kier molecular flexibility index (Phi) is 5.75. The van der Waals surface area contributed by atoms with Crippen molar-refractivity contribution in [2.24, 2.45) is 10.7 Å². The predicted molar refractivity (Wildman–Crippen MR) is 70.8 cm³/mol. The smallest absolute Gasteiger partial charge is 0.410 e. The zero-order valence-electron chi connectivity index (χ0n) is 10.9. The molecule has 0 aromatic rings. The second-order valence-corrected chi connectivity index (χ2v) is 5.12. The van der Waals surface area contributed by atoms with E-state index in [1.165, 1.54) is 0 Å². The lowest BCUT2D eigenvalue weighted by Crippen LogP contribution is -2.45. The fourth-order valence-electron chi connectivity index (χ4n) is 1.50. The maximum Gasteiger partial charge on any atom is 0.410 e. The van der Waals surface area contributed by atoms with Crippen molar-refractivity contribution in [1.82, 2.24) is 4.90 Å². The molecule has 1 unspecified atom stereocenters. The van der Waals surface area contributed by atoms with Crippen LogP contribution in [0, 0.1) is 0 Å². The summed E-state index contributed by atoms with van der Waals surface area (Å²) in [5.74, 6) is 0.496. The molecule has 1 atom stereocenters. The molecule has 0 aromatic carbocycles. The quantitative estimate of drug-likeness (QED) is 0.725. The number of ether oxygens (including phenoxy) is 1. The van der Waals surface area contributed by atoms with E-state index in [0.29, 0.717) is 18.9 Å². The number of amides is 1. The lowest BCUT2D eigenvalue weighted by atomic mass is 10.2. The number of halogens is 1. The van der Waals surface area contributed by atoms with Gasteiger partial charge in [0, 0.05) is 12.6 Å². The zero-order valence-corrected chi connectivity index (χ0v) is 11.7. The number of carbonyl (C=O) groups is 1. The van der Waals surface area contributed by atoms with Gasteiger partial charge in [-0.1, -0.05) is 0 Å². The van der Waals surface area contributed by atoms with Gasteiger partial charge < -0.3 is 10.5 Å². The number of aliphatic imine (C=N–C) groups is 1. The molecule has 17 heavy (non-hydrogen) atoms. The SMILES string of the molecule is CC1CCN=C(N)CN1C(=O)OC(C)(C)C.Cl. The summed E-state index contributed by atoms with van der Waals surface area (Å²) in [5.41, 5.74) is 5.21. The molecule has 5 nitrogen and oxygen atoms in total. The minimum atomic E-state index is -0.477. The maximum absolute atomic E-state index is 11.9. The Morgan fingerprint density at radius 1 is 1.53 bits per heavy atom. The van der Waals surface area contributed by atoms with Gasteiger partial charge in [0.15, 0.2) is 0 Å². The lowest BCUT2D eigenvalue weighted by Gasteiger charge is -2.30. The van der Waals surface area contributed by atoms with Crippen LogP contribution in [-0.4, -0.2) is 41.6 Å². The molecule has 100 valence electrons. The van der Waals surface area contributed by atoms with Crippen molar-refractivity contribution < 1.29 is 9.53 Å². The van der Waals surface area contributed by atoms with Crippen LogP contribution in [0.4, 0.5) is 4.79 Å². The van der Waals surface area contributed by atoms with Crippen LogP contribution in [0.3, 0.4) is 0 Å². The number of amidine groups is 1. The van der Waals surface area contributed by atoms with Gasteiger partial charge in [-0.05, 0) is 34.1 Å². The van der Waals surface area contributed by atoms with Crippen LogP contribution in [0.25, 0.3) is 0 Å². The number of nitrogens with two attached hydrogens (primary N) is 1. The molecule has 0 saturated carbocycles. The summed E-state index contributed by atoms with van der Waals surface area (Å²) < 4.78 is 5.33. The Morgan fingerprint density at radius 3 is 2.65 bits per heavy atom. The van der Waals surface area contributed by atoms with E-state index < -0.39 is 5.60 Å². The molecule has 2 N–H and O–H groups in total. The third kappa shape index (κ3) is 5.26. The van der Waals surface area contributed by atoms with Crippen molar-refractivity contribution in [2.75, 3.05) is 13.1 Å². The second kappa shape index (κ2) is 6.10. The topological polar surface area (TPSA) is 67.9 Å². The standard InChI is InChI=1S/C11H21N3O2.ClH/c1-8-5-6-13-9(12)7-14(8)10(15)16-11(2,3)4;/h8H,5-7H2,1-4H3,(H2,12,13);1H. The summed E-state index contributed by atoms with van der Waals surface area (Å²) in [4.78, 5) is 17.7. The van der Waals surface area contributed by atoms with E-state index in [9.17, 15) is 4.79 Å². The summed E-state index contributed by atoms with van der Waals surface area (Å²) in [6, 6.07) is 0.111. The molecular weight excluding hydrogens is 242 g/mol. The van der Waals surface area contributed by atoms with Crippen LogP contribution in [0.1, 0.15) is 34.1 Å². The van der Waals surface area contributed by atoms with Crippen molar-refractivity contribution in [1.29, 1.82) is 0 Å². The Morgan fingerprint density at radius 2 is 2.12 bits per heavy atom. The number of carbonyl (C=O) groups excluding carboxylic acids is 1. The molecule has 1 heterocycles. The van der Waals surface area contributed by atoms with Gasteiger partial charge in [0.05, 0.1) is 6.54 Å². The molecule has 1 amide bonds. The van der Waals surface area contributed by atoms with Gasteiger partial charge in [0.25, 0.3) is 0 Å². The van der Waals surface area contributed by atoms with Crippen molar-refractivity contribution in [3.05, 3.63) is 0 Å². The van der Waals surface area contributed by atoms with Crippen LogP contribution in [0.2, 0.25) is 0 Å². The molecule has 6 heteroatoms.